The average molecular weight is 268 g/mol. The Morgan fingerprint density at radius 3 is 2.90 bits per heavy atom. The fraction of sp³-hybridized carbons (Fsp3) is 0.353. The summed E-state index contributed by atoms with van der Waals surface area (Å²) < 4.78 is 0. The van der Waals surface area contributed by atoms with Crippen molar-refractivity contribution in [3.8, 4) is 0 Å². The molecule has 1 heterocycles. The molecule has 0 aliphatic heterocycles. The highest BCUT2D eigenvalue weighted by atomic mass is 16.2. The van der Waals surface area contributed by atoms with Gasteiger partial charge < -0.3 is 9.88 Å². The van der Waals surface area contributed by atoms with Gasteiger partial charge in [0.25, 0.3) is 0 Å². The number of hydrogen-bond acceptors (Lipinski definition) is 1. The highest BCUT2D eigenvalue weighted by molar-refractivity contribution is 5.87. The molecular weight excluding hydrogens is 248 g/mol. The molecule has 1 fully saturated rings. The van der Waals surface area contributed by atoms with Gasteiger partial charge in [-0.3, -0.25) is 4.79 Å². The molecule has 3 heteroatoms. The number of carbonyl (C=O) groups is 1. The first kappa shape index (κ1) is 13.0. The number of hydrogen-bond donors (Lipinski definition) is 1. The number of nitrogens with zero attached hydrogens (tertiary/aromatic N) is 1. The van der Waals surface area contributed by atoms with Gasteiger partial charge in [0.1, 0.15) is 0 Å². The van der Waals surface area contributed by atoms with Crippen molar-refractivity contribution in [1.82, 2.24) is 9.88 Å². The average Bonchev–Trinajstić information content (AvgIpc) is 3.14. The molecule has 3 nitrogen and oxygen atoms in total. The fourth-order valence-corrected chi connectivity index (χ4v) is 3.12. The van der Waals surface area contributed by atoms with E-state index in [1.807, 2.05) is 11.1 Å². The third-order valence-corrected chi connectivity index (χ3v) is 4.19. The zero-order chi connectivity index (χ0) is 13.9. The van der Waals surface area contributed by atoms with E-state index in [4.69, 9.17) is 0 Å². The van der Waals surface area contributed by atoms with E-state index in [0.717, 1.165) is 18.4 Å². The molecule has 0 saturated heterocycles. The molecular formula is C17H20N2O. The van der Waals surface area contributed by atoms with Crippen LogP contribution in [-0.4, -0.2) is 21.8 Å². The summed E-state index contributed by atoms with van der Waals surface area (Å²) in [4.78, 5) is 17.3. The summed E-state index contributed by atoms with van der Waals surface area (Å²) in [5, 5.41) is 1.19. The lowest BCUT2D eigenvalue weighted by Crippen LogP contribution is -2.37. The van der Waals surface area contributed by atoms with E-state index < -0.39 is 0 Å². The van der Waals surface area contributed by atoms with E-state index in [1.54, 1.807) is 0 Å². The predicted octanol–water partition coefficient (Wildman–Crippen LogP) is 3.63. The molecule has 0 bridgehead atoms. The molecule has 20 heavy (non-hydrogen) atoms. The Labute approximate surface area is 119 Å². The molecule has 1 aromatic carbocycles. The van der Waals surface area contributed by atoms with Gasteiger partial charge in [0.05, 0.1) is 0 Å². The standard InChI is InChI=1S/C17H20N2O/c1-2-17(20)19(15-5-3-4-6-15)12-13-7-8-16-14(11-13)9-10-18-16/h2,7-11,15,18H,1,3-6,12H2. The number of benzene rings is 1. The first-order chi connectivity index (χ1) is 9.78. The Balaban J connectivity index is 1.83. The quantitative estimate of drug-likeness (QED) is 0.845. The minimum Gasteiger partial charge on any atom is -0.361 e. The van der Waals surface area contributed by atoms with E-state index in [1.165, 1.54) is 29.9 Å². The lowest BCUT2D eigenvalue weighted by Gasteiger charge is -2.28. The molecule has 1 aromatic heterocycles. The molecule has 104 valence electrons. The van der Waals surface area contributed by atoms with Crippen molar-refractivity contribution in [2.24, 2.45) is 0 Å². The molecule has 1 aliphatic carbocycles. The van der Waals surface area contributed by atoms with Crippen LogP contribution in [0.5, 0.6) is 0 Å². The fourth-order valence-electron chi connectivity index (χ4n) is 3.12. The van der Waals surface area contributed by atoms with Gasteiger partial charge in [-0.05, 0) is 48.1 Å². The van der Waals surface area contributed by atoms with Crippen molar-refractivity contribution in [3.05, 3.63) is 48.7 Å². The summed E-state index contributed by atoms with van der Waals surface area (Å²) in [6.07, 6.45) is 8.06. The van der Waals surface area contributed by atoms with Gasteiger partial charge in [-0.1, -0.05) is 25.5 Å². The molecule has 0 spiro atoms. The van der Waals surface area contributed by atoms with Crippen molar-refractivity contribution in [1.29, 1.82) is 0 Å². The molecule has 1 saturated carbocycles. The van der Waals surface area contributed by atoms with Crippen molar-refractivity contribution in [2.75, 3.05) is 0 Å². The van der Waals surface area contributed by atoms with Crippen LogP contribution in [0, 0.1) is 0 Å². The number of rotatable bonds is 4. The number of aromatic amines is 1. The highest BCUT2D eigenvalue weighted by Crippen LogP contribution is 2.26. The number of carbonyl (C=O) groups excluding carboxylic acids is 1. The van der Waals surface area contributed by atoms with Crippen LogP contribution in [0.25, 0.3) is 10.9 Å². The summed E-state index contributed by atoms with van der Waals surface area (Å²) in [5.41, 5.74) is 2.32. The minimum absolute atomic E-state index is 0.0473. The van der Waals surface area contributed by atoms with Gasteiger partial charge in [-0.15, -0.1) is 0 Å². The van der Waals surface area contributed by atoms with Gasteiger partial charge in [-0.2, -0.15) is 0 Å². The zero-order valence-corrected chi connectivity index (χ0v) is 11.6. The van der Waals surface area contributed by atoms with Gasteiger partial charge in [-0.25, -0.2) is 0 Å². The topological polar surface area (TPSA) is 36.1 Å². The first-order valence-corrected chi connectivity index (χ1v) is 7.27. The third-order valence-electron chi connectivity index (χ3n) is 4.19. The van der Waals surface area contributed by atoms with Crippen LogP contribution in [0.3, 0.4) is 0 Å². The maximum Gasteiger partial charge on any atom is 0.246 e. The number of aromatic nitrogens is 1. The van der Waals surface area contributed by atoms with Gasteiger partial charge in [0, 0.05) is 24.3 Å². The highest BCUT2D eigenvalue weighted by Gasteiger charge is 2.25. The molecule has 0 unspecified atom stereocenters. The van der Waals surface area contributed by atoms with Crippen molar-refractivity contribution < 1.29 is 4.79 Å². The van der Waals surface area contributed by atoms with Crippen molar-refractivity contribution in [3.63, 3.8) is 0 Å². The summed E-state index contributed by atoms with van der Waals surface area (Å²) in [6, 6.07) is 8.77. The first-order valence-electron chi connectivity index (χ1n) is 7.27. The number of amides is 1. The lowest BCUT2D eigenvalue weighted by molar-refractivity contribution is -0.128. The zero-order valence-electron chi connectivity index (χ0n) is 11.6. The van der Waals surface area contributed by atoms with Crippen LogP contribution in [-0.2, 0) is 11.3 Å². The SMILES string of the molecule is C=CC(=O)N(Cc1ccc2[nH]ccc2c1)C1CCCC1. The number of H-pyrrole nitrogens is 1. The Kier molecular flexibility index (Phi) is 3.59. The van der Waals surface area contributed by atoms with E-state index in [2.05, 4.69) is 35.8 Å². The largest absolute Gasteiger partial charge is 0.361 e. The molecule has 1 amide bonds. The third kappa shape index (κ3) is 2.48. The molecule has 1 N–H and O–H groups in total. The second kappa shape index (κ2) is 5.53. The van der Waals surface area contributed by atoms with Gasteiger partial charge in [0.2, 0.25) is 5.91 Å². The summed E-state index contributed by atoms with van der Waals surface area (Å²) in [6.45, 7) is 4.32. The van der Waals surface area contributed by atoms with Gasteiger partial charge in [0.15, 0.2) is 0 Å². The smallest absolute Gasteiger partial charge is 0.246 e. The molecule has 0 radical (unpaired) electrons. The monoisotopic (exact) mass is 268 g/mol. The Morgan fingerprint density at radius 1 is 1.35 bits per heavy atom. The van der Waals surface area contributed by atoms with Crippen LogP contribution >= 0.6 is 0 Å². The van der Waals surface area contributed by atoms with E-state index >= 15 is 0 Å². The van der Waals surface area contributed by atoms with Crippen molar-refractivity contribution in [2.45, 2.75) is 38.3 Å². The van der Waals surface area contributed by atoms with Crippen LogP contribution in [0.15, 0.2) is 43.1 Å². The van der Waals surface area contributed by atoms with Crippen LogP contribution in [0.2, 0.25) is 0 Å². The predicted molar refractivity (Wildman–Crippen MR) is 81.3 cm³/mol. The molecule has 0 atom stereocenters. The second-order valence-corrected chi connectivity index (χ2v) is 5.51. The van der Waals surface area contributed by atoms with E-state index in [9.17, 15) is 4.79 Å². The maximum absolute atomic E-state index is 12.1. The van der Waals surface area contributed by atoms with Crippen LogP contribution in [0.4, 0.5) is 0 Å². The summed E-state index contributed by atoms with van der Waals surface area (Å²) >= 11 is 0. The Hall–Kier alpha value is -2.03. The molecule has 1 aliphatic rings. The second-order valence-electron chi connectivity index (χ2n) is 5.51. The van der Waals surface area contributed by atoms with Crippen molar-refractivity contribution >= 4 is 16.8 Å². The number of fused-ring (bicyclic) bond motifs is 1. The minimum atomic E-state index is 0.0473. The summed E-state index contributed by atoms with van der Waals surface area (Å²) in [5.74, 6) is 0.0473. The van der Waals surface area contributed by atoms with Crippen LogP contribution < -0.4 is 0 Å². The van der Waals surface area contributed by atoms with Gasteiger partial charge >= 0.3 is 0 Å². The maximum atomic E-state index is 12.1. The normalized spacial score (nSPS) is 15.6. The van der Waals surface area contributed by atoms with E-state index in [-0.39, 0.29) is 5.91 Å². The lowest BCUT2D eigenvalue weighted by atomic mass is 10.1. The van der Waals surface area contributed by atoms with Crippen LogP contribution in [0.1, 0.15) is 31.2 Å². The Morgan fingerprint density at radius 2 is 2.15 bits per heavy atom. The molecule has 2 aromatic rings. The van der Waals surface area contributed by atoms with E-state index in [0.29, 0.717) is 12.6 Å². The Bertz CT molecular complexity index is 623. The number of nitrogens with one attached hydrogen (secondary N) is 1. The molecule has 3 rings (SSSR count). The summed E-state index contributed by atoms with van der Waals surface area (Å²) in [7, 11) is 0.